The first-order valence-corrected chi connectivity index (χ1v) is 9.74. The molecule has 5 aromatic rings. The van der Waals surface area contributed by atoms with Gasteiger partial charge in [0.05, 0.1) is 17.5 Å². The maximum Gasteiger partial charge on any atom is 0.272 e. The molecule has 5 rings (SSSR count). The molecule has 0 saturated carbocycles. The Balaban J connectivity index is 1.58. The van der Waals surface area contributed by atoms with Crippen LogP contribution in [0.2, 0.25) is 0 Å². The Bertz CT molecular complexity index is 1450. The zero-order chi connectivity index (χ0) is 21.5. The summed E-state index contributed by atoms with van der Waals surface area (Å²) in [6.45, 7) is 0.267. The third kappa shape index (κ3) is 3.44. The fourth-order valence-electron chi connectivity index (χ4n) is 3.86. The summed E-state index contributed by atoms with van der Waals surface area (Å²) in [7, 11) is 1.88. The first-order valence-electron chi connectivity index (χ1n) is 9.74. The second-order valence-electron chi connectivity index (χ2n) is 7.43. The highest BCUT2D eigenvalue weighted by Crippen LogP contribution is 2.26. The highest BCUT2D eigenvalue weighted by atomic mass is 19.1. The molecule has 0 fully saturated rings. The summed E-state index contributed by atoms with van der Waals surface area (Å²) in [6, 6.07) is 17.7. The number of benzene rings is 3. The average molecular weight is 416 g/mol. The molecule has 0 bridgehead atoms. The maximum absolute atomic E-state index is 13.8. The second kappa shape index (κ2) is 7.36. The van der Waals surface area contributed by atoms with Gasteiger partial charge in [-0.15, -0.1) is 0 Å². The fourth-order valence-corrected chi connectivity index (χ4v) is 3.86. The van der Waals surface area contributed by atoms with Gasteiger partial charge in [-0.3, -0.25) is 4.79 Å². The molecule has 0 saturated heterocycles. The highest BCUT2D eigenvalue weighted by molar-refractivity contribution is 6.09. The predicted octanol–water partition coefficient (Wildman–Crippen LogP) is 5.11. The minimum Gasteiger partial charge on any atom is -0.334 e. The number of aromatic nitrogens is 3. The quantitative estimate of drug-likeness (QED) is 0.443. The number of fused-ring (bicyclic) bond motifs is 2. The van der Waals surface area contributed by atoms with E-state index in [1.165, 1.54) is 24.3 Å². The minimum absolute atomic E-state index is 0.267. The number of para-hydroxylation sites is 1. The van der Waals surface area contributed by atoms with Gasteiger partial charge in [-0.05, 0) is 54.1 Å². The van der Waals surface area contributed by atoms with E-state index in [0.717, 1.165) is 5.52 Å². The number of hydrogen-bond acceptors (Lipinski definition) is 2. The number of carbonyl (C=O) groups excluding carboxylic acids is 1. The van der Waals surface area contributed by atoms with E-state index >= 15 is 0 Å². The van der Waals surface area contributed by atoms with Crippen molar-refractivity contribution in [3.8, 4) is 0 Å². The van der Waals surface area contributed by atoms with Gasteiger partial charge < -0.3 is 14.5 Å². The van der Waals surface area contributed by atoms with E-state index in [-0.39, 0.29) is 24.1 Å². The summed E-state index contributed by atoms with van der Waals surface area (Å²) in [5.41, 5.74) is 3.88. The molecule has 0 spiro atoms. The van der Waals surface area contributed by atoms with E-state index in [1.807, 2.05) is 23.7 Å². The van der Waals surface area contributed by atoms with E-state index in [1.54, 1.807) is 41.2 Å². The van der Waals surface area contributed by atoms with Crippen molar-refractivity contribution in [3.63, 3.8) is 0 Å². The number of hydrogen-bond donors (Lipinski definition) is 1. The number of aryl methyl sites for hydroxylation is 1. The van der Waals surface area contributed by atoms with Crippen LogP contribution in [-0.2, 0) is 13.6 Å². The Morgan fingerprint density at radius 1 is 0.968 bits per heavy atom. The van der Waals surface area contributed by atoms with Gasteiger partial charge in [0.2, 0.25) is 0 Å². The van der Waals surface area contributed by atoms with Gasteiger partial charge in [-0.25, -0.2) is 13.8 Å². The van der Waals surface area contributed by atoms with E-state index in [4.69, 9.17) is 0 Å². The normalized spacial score (nSPS) is 11.3. The van der Waals surface area contributed by atoms with Gasteiger partial charge >= 0.3 is 0 Å². The van der Waals surface area contributed by atoms with Crippen LogP contribution in [0.3, 0.4) is 0 Å². The third-order valence-corrected chi connectivity index (χ3v) is 5.33. The lowest BCUT2D eigenvalue weighted by molar-refractivity contribution is 0.101. The summed E-state index contributed by atoms with van der Waals surface area (Å²) in [5.74, 6) is -1.10. The van der Waals surface area contributed by atoms with E-state index in [2.05, 4.69) is 10.3 Å². The summed E-state index contributed by atoms with van der Waals surface area (Å²) >= 11 is 0. The highest BCUT2D eigenvalue weighted by Gasteiger charge is 2.18. The predicted molar refractivity (Wildman–Crippen MR) is 116 cm³/mol. The Hall–Kier alpha value is -4.00. The van der Waals surface area contributed by atoms with Gasteiger partial charge in [0, 0.05) is 24.5 Å². The Morgan fingerprint density at radius 2 is 1.77 bits per heavy atom. The van der Waals surface area contributed by atoms with E-state index in [9.17, 15) is 13.6 Å². The molecule has 0 unspecified atom stereocenters. The van der Waals surface area contributed by atoms with Crippen LogP contribution in [0.25, 0.3) is 21.9 Å². The first kappa shape index (κ1) is 19.0. The smallest absolute Gasteiger partial charge is 0.272 e. The van der Waals surface area contributed by atoms with Crippen LogP contribution < -0.4 is 5.32 Å². The van der Waals surface area contributed by atoms with Crippen LogP contribution in [0.15, 0.2) is 73.1 Å². The number of anilines is 1. The van der Waals surface area contributed by atoms with E-state index < -0.39 is 0 Å². The molecule has 154 valence electrons. The lowest BCUT2D eigenvalue weighted by Crippen LogP contribution is -2.17. The second-order valence-corrected chi connectivity index (χ2v) is 7.43. The van der Waals surface area contributed by atoms with Crippen molar-refractivity contribution in [1.82, 2.24) is 14.1 Å². The molecule has 7 heteroatoms. The largest absolute Gasteiger partial charge is 0.334 e. The molecular formula is C24H18F2N4O. The summed E-state index contributed by atoms with van der Waals surface area (Å²) < 4.78 is 31.2. The standard InChI is InChI=1S/C24H18F2N4O/c1-29-14-27-23-19(6-3-7-21(23)29)28-24(31)22-12-16-11-18(26)8-9-20(16)30(22)13-15-4-2-5-17(25)10-15/h2-12,14H,13H2,1H3,(H,28,31). The van der Waals surface area contributed by atoms with E-state index in [0.29, 0.717) is 33.4 Å². The molecule has 3 aromatic carbocycles. The molecule has 0 radical (unpaired) electrons. The molecule has 0 aliphatic carbocycles. The van der Waals surface area contributed by atoms with Crippen LogP contribution in [-0.4, -0.2) is 20.0 Å². The lowest BCUT2D eigenvalue weighted by Gasteiger charge is -2.12. The SMILES string of the molecule is Cn1cnc2c(NC(=O)c3cc4cc(F)ccc4n3Cc3cccc(F)c3)cccc21. The molecule has 1 N–H and O–H groups in total. The zero-order valence-electron chi connectivity index (χ0n) is 16.6. The molecule has 2 heterocycles. The van der Waals surface area contributed by atoms with Gasteiger partial charge in [-0.1, -0.05) is 18.2 Å². The molecule has 0 aliphatic rings. The van der Waals surface area contributed by atoms with Crippen LogP contribution in [0, 0.1) is 11.6 Å². The van der Waals surface area contributed by atoms with Gasteiger partial charge in [0.1, 0.15) is 22.8 Å². The third-order valence-electron chi connectivity index (χ3n) is 5.33. The maximum atomic E-state index is 13.8. The number of nitrogens with zero attached hydrogens (tertiary/aromatic N) is 3. The topological polar surface area (TPSA) is 51.9 Å². The average Bonchev–Trinajstić information content (AvgIpc) is 3.29. The van der Waals surface area contributed by atoms with Crippen molar-refractivity contribution >= 4 is 33.5 Å². The molecule has 0 atom stereocenters. The number of nitrogens with one attached hydrogen (secondary N) is 1. The minimum atomic E-state index is -0.388. The van der Waals surface area contributed by atoms with Crippen LogP contribution >= 0.6 is 0 Å². The molecule has 5 nitrogen and oxygen atoms in total. The summed E-state index contributed by atoms with van der Waals surface area (Å²) in [6.07, 6.45) is 1.68. The summed E-state index contributed by atoms with van der Waals surface area (Å²) in [4.78, 5) is 17.6. The first-order chi connectivity index (χ1) is 15.0. The van der Waals surface area contributed by atoms with Crippen molar-refractivity contribution < 1.29 is 13.6 Å². The molecule has 1 amide bonds. The lowest BCUT2D eigenvalue weighted by atomic mass is 10.2. The number of imidazole rings is 1. The van der Waals surface area contributed by atoms with Gasteiger partial charge in [0.25, 0.3) is 5.91 Å². The van der Waals surface area contributed by atoms with Crippen LogP contribution in [0.1, 0.15) is 16.1 Å². The van der Waals surface area contributed by atoms with Crippen molar-refractivity contribution in [3.05, 3.63) is 95.9 Å². The number of halogens is 2. The molecule has 2 aromatic heterocycles. The van der Waals surface area contributed by atoms with Crippen LogP contribution in [0.5, 0.6) is 0 Å². The Morgan fingerprint density at radius 3 is 2.61 bits per heavy atom. The number of amides is 1. The van der Waals surface area contributed by atoms with Crippen molar-refractivity contribution in [1.29, 1.82) is 0 Å². The summed E-state index contributed by atoms with van der Waals surface area (Å²) in [5, 5.41) is 3.52. The van der Waals surface area contributed by atoms with Crippen molar-refractivity contribution in [2.24, 2.45) is 7.05 Å². The fraction of sp³-hybridized carbons (Fsp3) is 0.0833. The molecule has 31 heavy (non-hydrogen) atoms. The Labute approximate surface area is 176 Å². The number of rotatable bonds is 4. The number of carbonyl (C=O) groups is 1. The van der Waals surface area contributed by atoms with Crippen molar-refractivity contribution in [2.75, 3.05) is 5.32 Å². The van der Waals surface area contributed by atoms with Gasteiger partial charge in [0.15, 0.2) is 0 Å². The zero-order valence-corrected chi connectivity index (χ0v) is 16.6. The molecule has 0 aliphatic heterocycles. The van der Waals surface area contributed by atoms with Crippen LogP contribution in [0.4, 0.5) is 14.5 Å². The monoisotopic (exact) mass is 416 g/mol. The van der Waals surface area contributed by atoms with Gasteiger partial charge in [-0.2, -0.15) is 0 Å². The molecular weight excluding hydrogens is 398 g/mol. The van der Waals surface area contributed by atoms with Crippen molar-refractivity contribution in [2.45, 2.75) is 6.54 Å². The Kier molecular flexibility index (Phi) is 4.51.